The summed E-state index contributed by atoms with van der Waals surface area (Å²) >= 11 is 0. The molecule has 0 amide bonds. The van der Waals surface area contributed by atoms with Gasteiger partial charge < -0.3 is 9.64 Å². The van der Waals surface area contributed by atoms with Gasteiger partial charge in [0.1, 0.15) is 23.4 Å². The van der Waals surface area contributed by atoms with Gasteiger partial charge in [-0.2, -0.15) is 10.4 Å². The third-order valence-corrected chi connectivity index (χ3v) is 6.89. The number of pyridine rings is 2. The largest absolute Gasteiger partial charge is 0.492 e. The number of nitriles is 1. The summed E-state index contributed by atoms with van der Waals surface area (Å²) in [6.07, 6.45) is 8.55. The van der Waals surface area contributed by atoms with Crippen molar-refractivity contribution in [3.63, 3.8) is 0 Å². The molecule has 0 radical (unpaired) electrons. The molecule has 0 N–H and O–H groups in total. The zero-order chi connectivity index (χ0) is 24.3. The number of fused-ring (bicyclic) bond motifs is 1. The minimum Gasteiger partial charge on any atom is -0.492 e. The van der Waals surface area contributed by atoms with E-state index in [1.54, 1.807) is 16.9 Å². The molecule has 1 fully saturated rings. The molecule has 1 aliphatic heterocycles. The molecule has 1 aliphatic rings. The van der Waals surface area contributed by atoms with Crippen LogP contribution >= 0.6 is 0 Å². The van der Waals surface area contributed by atoms with Crippen molar-refractivity contribution >= 4 is 17.1 Å². The lowest BCUT2D eigenvalue weighted by Crippen LogP contribution is -2.43. The summed E-state index contributed by atoms with van der Waals surface area (Å²) in [5, 5.41) is 13.9. The normalized spacial score (nSPS) is 15.5. The van der Waals surface area contributed by atoms with Gasteiger partial charge >= 0.3 is 0 Å². The number of Topliss-reactive ketones (excluding diaryl/α,β-unsaturated/α-hetero) is 1. The number of hydrogen-bond donors (Lipinski definition) is 0. The number of piperidine rings is 1. The SMILES string of the molecule is CCOc1cc(-c2ccc(N3CCC(C)(C(=O)CCC(C)C)CC3)nc2)c2c(C#N)cnn2c1. The Labute approximate surface area is 201 Å². The van der Waals surface area contributed by atoms with Crippen molar-refractivity contribution in [2.75, 3.05) is 24.6 Å². The molecule has 3 aromatic heterocycles. The molecule has 0 aliphatic carbocycles. The number of ether oxygens (including phenoxy) is 1. The molecular weight excluding hydrogens is 426 g/mol. The van der Waals surface area contributed by atoms with Gasteiger partial charge in [0.15, 0.2) is 0 Å². The fourth-order valence-electron chi connectivity index (χ4n) is 4.61. The number of hydrogen-bond acceptors (Lipinski definition) is 6. The molecule has 0 aromatic carbocycles. The average molecular weight is 460 g/mol. The molecular formula is C27H33N5O2. The Morgan fingerprint density at radius 3 is 2.65 bits per heavy atom. The summed E-state index contributed by atoms with van der Waals surface area (Å²) in [5.74, 6) is 2.56. The standard InChI is InChI=1S/C27H33N5O2/c1-5-34-22-14-23(26-21(15-28)17-30-32(26)18-22)20-7-9-25(29-16-20)31-12-10-27(4,11-13-31)24(33)8-6-19(2)3/h7,9,14,16-19H,5-6,8,10-13H2,1-4H3. The van der Waals surface area contributed by atoms with E-state index in [0.29, 0.717) is 36.0 Å². The number of ketones is 1. The van der Waals surface area contributed by atoms with E-state index in [0.717, 1.165) is 54.8 Å². The summed E-state index contributed by atoms with van der Waals surface area (Å²) in [4.78, 5) is 19.8. The maximum atomic E-state index is 12.8. The minimum absolute atomic E-state index is 0.230. The highest BCUT2D eigenvalue weighted by Gasteiger charge is 2.36. The Bertz CT molecular complexity index is 1200. The van der Waals surface area contributed by atoms with E-state index in [9.17, 15) is 10.1 Å². The summed E-state index contributed by atoms with van der Waals surface area (Å²) in [7, 11) is 0. The minimum atomic E-state index is -0.230. The van der Waals surface area contributed by atoms with Gasteiger partial charge in [-0.05, 0) is 50.3 Å². The number of nitrogens with zero attached hydrogens (tertiary/aromatic N) is 5. The molecule has 1 saturated heterocycles. The van der Waals surface area contributed by atoms with Crippen LogP contribution in [-0.2, 0) is 4.79 Å². The van der Waals surface area contributed by atoms with Gasteiger partial charge in [-0.15, -0.1) is 0 Å². The number of aromatic nitrogens is 3. The monoisotopic (exact) mass is 459 g/mol. The van der Waals surface area contributed by atoms with Gasteiger partial charge in [0.05, 0.1) is 30.1 Å². The van der Waals surface area contributed by atoms with E-state index in [1.807, 2.05) is 31.3 Å². The first-order valence-corrected chi connectivity index (χ1v) is 12.1. The second-order valence-electron chi connectivity index (χ2n) is 9.79. The lowest BCUT2D eigenvalue weighted by Gasteiger charge is -2.39. The van der Waals surface area contributed by atoms with Gasteiger partial charge in [0.25, 0.3) is 0 Å². The smallest absolute Gasteiger partial charge is 0.138 e. The molecule has 0 atom stereocenters. The van der Waals surface area contributed by atoms with Gasteiger partial charge in [-0.3, -0.25) is 4.79 Å². The zero-order valence-electron chi connectivity index (χ0n) is 20.5. The Balaban J connectivity index is 1.53. The summed E-state index contributed by atoms with van der Waals surface area (Å²) in [6, 6.07) is 8.21. The second kappa shape index (κ2) is 9.84. The molecule has 34 heavy (non-hydrogen) atoms. The fraction of sp³-hybridized carbons (Fsp3) is 0.481. The highest BCUT2D eigenvalue weighted by molar-refractivity contribution is 5.86. The first-order chi connectivity index (χ1) is 16.3. The lowest BCUT2D eigenvalue weighted by atomic mass is 9.75. The highest BCUT2D eigenvalue weighted by Crippen LogP contribution is 2.36. The van der Waals surface area contributed by atoms with Crippen molar-refractivity contribution in [1.82, 2.24) is 14.6 Å². The van der Waals surface area contributed by atoms with Gasteiger partial charge in [0.2, 0.25) is 0 Å². The Morgan fingerprint density at radius 2 is 2.03 bits per heavy atom. The van der Waals surface area contributed by atoms with Crippen molar-refractivity contribution < 1.29 is 9.53 Å². The maximum absolute atomic E-state index is 12.8. The van der Waals surface area contributed by atoms with Crippen molar-refractivity contribution in [3.05, 3.63) is 42.4 Å². The van der Waals surface area contributed by atoms with Crippen molar-refractivity contribution in [2.24, 2.45) is 11.3 Å². The van der Waals surface area contributed by atoms with Crippen molar-refractivity contribution in [1.29, 1.82) is 5.26 Å². The quantitative estimate of drug-likeness (QED) is 0.456. The molecule has 0 spiro atoms. The number of carbonyl (C=O) groups is 1. The zero-order valence-corrected chi connectivity index (χ0v) is 20.5. The van der Waals surface area contributed by atoms with Crippen LogP contribution in [0.2, 0.25) is 0 Å². The van der Waals surface area contributed by atoms with Crippen molar-refractivity contribution in [2.45, 2.75) is 53.4 Å². The Hall–Kier alpha value is -3.40. The Kier molecular flexibility index (Phi) is 6.87. The highest BCUT2D eigenvalue weighted by atomic mass is 16.5. The third-order valence-electron chi connectivity index (χ3n) is 6.89. The van der Waals surface area contributed by atoms with Gasteiger partial charge in [-0.25, -0.2) is 9.50 Å². The third kappa shape index (κ3) is 4.77. The van der Waals surface area contributed by atoms with E-state index in [1.165, 1.54) is 0 Å². The van der Waals surface area contributed by atoms with E-state index >= 15 is 0 Å². The van der Waals surface area contributed by atoms with Crippen LogP contribution < -0.4 is 9.64 Å². The summed E-state index contributed by atoms with van der Waals surface area (Å²) in [6.45, 7) is 10.6. The predicted octanol–water partition coefficient (Wildman–Crippen LogP) is 5.28. The number of carbonyl (C=O) groups excluding carboxylic acids is 1. The summed E-state index contributed by atoms with van der Waals surface area (Å²) in [5.41, 5.74) is 2.79. The topological polar surface area (TPSA) is 83.5 Å². The van der Waals surface area contributed by atoms with Crippen LogP contribution in [0.4, 0.5) is 5.82 Å². The van der Waals surface area contributed by atoms with Gasteiger partial charge in [0, 0.05) is 42.2 Å². The molecule has 0 bridgehead atoms. The molecule has 178 valence electrons. The molecule has 3 aromatic rings. The van der Waals surface area contributed by atoms with Gasteiger partial charge in [-0.1, -0.05) is 20.8 Å². The van der Waals surface area contributed by atoms with Crippen LogP contribution in [0, 0.1) is 22.7 Å². The Morgan fingerprint density at radius 1 is 1.26 bits per heavy atom. The van der Waals surface area contributed by atoms with Crippen molar-refractivity contribution in [3.8, 4) is 22.9 Å². The van der Waals surface area contributed by atoms with Crippen LogP contribution in [-0.4, -0.2) is 40.1 Å². The molecule has 0 unspecified atom stereocenters. The first kappa shape index (κ1) is 23.7. The molecule has 4 heterocycles. The van der Waals surface area contributed by atoms with E-state index < -0.39 is 0 Å². The van der Waals surface area contributed by atoms with Crippen LogP contribution in [0.25, 0.3) is 16.6 Å². The van der Waals surface area contributed by atoms with Crippen LogP contribution in [0.3, 0.4) is 0 Å². The van der Waals surface area contributed by atoms with E-state index in [-0.39, 0.29) is 5.41 Å². The summed E-state index contributed by atoms with van der Waals surface area (Å²) < 4.78 is 7.40. The van der Waals surface area contributed by atoms with Crippen LogP contribution in [0.5, 0.6) is 5.75 Å². The number of anilines is 1. The van der Waals surface area contributed by atoms with Crippen LogP contribution in [0.15, 0.2) is 36.8 Å². The first-order valence-electron chi connectivity index (χ1n) is 12.1. The second-order valence-corrected chi connectivity index (χ2v) is 9.79. The average Bonchev–Trinajstić information content (AvgIpc) is 3.26. The van der Waals surface area contributed by atoms with E-state index in [4.69, 9.17) is 9.72 Å². The molecule has 7 nitrogen and oxygen atoms in total. The fourth-order valence-corrected chi connectivity index (χ4v) is 4.61. The molecule has 0 saturated carbocycles. The molecule has 7 heteroatoms. The number of rotatable bonds is 8. The van der Waals surface area contributed by atoms with E-state index in [2.05, 4.69) is 36.8 Å². The molecule has 4 rings (SSSR count). The predicted molar refractivity (Wildman–Crippen MR) is 133 cm³/mol. The maximum Gasteiger partial charge on any atom is 0.138 e. The lowest BCUT2D eigenvalue weighted by molar-refractivity contribution is -0.129. The van der Waals surface area contributed by atoms with Crippen LogP contribution in [0.1, 0.15) is 58.9 Å².